The van der Waals surface area contributed by atoms with Gasteiger partial charge in [0, 0.05) is 23.1 Å². The van der Waals surface area contributed by atoms with Crippen LogP contribution in [0, 0.1) is 5.82 Å². The number of nitrogens with one attached hydrogen (secondary N) is 3. The highest BCUT2D eigenvalue weighted by Gasteiger charge is 2.15. The number of H-pyrrole nitrogens is 2. The summed E-state index contributed by atoms with van der Waals surface area (Å²) in [5.74, 6) is -0.0137. The van der Waals surface area contributed by atoms with E-state index in [9.17, 15) is 9.18 Å². The van der Waals surface area contributed by atoms with Crippen LogP contribution in [0.5, 0.6) is 0 Å². The van der Waals surface area contributed by atoms with Gasteiger partial charge in [0.2, 0.25) is 0 Å². The summed E-state index contributed by atoms with van der Waals surface area (Å²) in [5, 5.41) is 10.8. The molecule has 7 nitrogen and oxygen atoms in total. The van der Waals surface area contributed by atoms with Gasteiger partial charge in [-0.2, -0.15) is 5.10 Å². The minimum atomic E-state index is -0.332. The number of hydrogen-bond acceptors (Lipinski definition) is 4. The zero-order valence-electron chi connectivity index (χ0n) is 15.0. The first kappa shape index (κ1) is 17.9. The summed E-state index contributed by atoms with van der Waals surface area (Å²) in [4.78, 5) is 19.8. The first-order valence-electron chi connectivity index (χ1n) is 8.94. The molecule has 28 heavy (non-hydrogen) atoms. The Balaban J connectivity index is 1.67. The highest BCUT2D eigenvalue weighted by atomic mass is 19.1. The Kier molecular flexibility index (Phi) is 4.86. The third-order valence-corrected chi connectivity index (χ3v) is 4.46. The van der Waals surface area contributed by atoms with Gasteiger partial charge in [-0.3, -0.25) is 9.89 Å². The van der Waals surface area contributed by atoms with E-state index >= 15 is 0 Å². The number of hydrogen-bond donors (Lipinski definition) is 4. The number of aromatic amines is 2. The third kappa shape index (κ3) is 3.37. The molecular weight excluding hydrogens is 359 g/mol. The van der Waals surface area contributed by atoms with Crippen molar-refractivity contribution in [2.75, 3.05) is 13.1 Å². The molecule has 4 aromatic rings. The lowest BCUT2D eigenvalue weighted by Crippen LogP contribution is -2.25. The zero-order valence-corrected chi connectivity index (χ0v) is 15.0. The van der Waals surface area contributed by atoms with E-state index < -0.39 is 0 Å². The lowest BCUT2D eigenvalue weighted by Gasteiger charge is -2.04. The number of nitrogens with two attached hydrogens (primary N) is 1. The molecule has 0 fully saturated rings. The zero-order chi connectivity index (χ0) is 19.5. The predicted molar refractivity (Wildman–Crippen MR) is 105 cm³/mol. The van der Waals surface area contributed by atoms with E-state index in [1.807, 2.05) is 0 Å². The van der Waals surface area contributed by atoms with Crippen molar-refractivity contribution in [3.63, 3.8) is 0 Å². The van der Waals surface area contributed by atoms with Crippen LogP contribution in [0.2, 0.25) is 0 Å². The Morgan fingerprint density at radius 2 is 2.07 bits per heavy atom. The summed E-state index contributed by atoms with van der Waals surface area (Å²) in [5.41, 5.74) is 8.30. The number of carbonyl (C=O) groups is 1. The third-order valence-electron chi connectivity index (χ3n) is 4.46. The van der Waals surface area contributed by atoms with Crippen molar-refractivity contribution in [1.29, 1.82) is 0 Å². The largest absolute Gasteiger partial charge is 0.352 e. The average molecular weight is 378 g/mol. The number of halogens is 1. The van der Waals surface area contributed by atoms with Crippen molar-refractivity contribution in [2.45, 2.75) is 6.42 Å². The van der Waals surface area contributed by atoms with Gasteiger partial charge in [-0.25, -0.2) is 9.37 Å². The van der Waals surface area contributed by atoms with Crippen LogP contribution in [-0.4, -0.2) is 39.2 Å². The summed E-state index contributed by atoms with van der Waals surface area (Å²) < 4.78 is 14.0. The summed E-state index contributed by atoms with van der Waals surface area (Å²) in [6.45, 7) is 1.05. The second-order valence-electron chi connectivity index (χ2n) is 6.36. The predicted octanol–water partition coefficient (Wildman–Crippen LogP) is 2.84. The maximum atomic E-state index is 14.0. The number of benzene rings is 2. The second kappa shape index (κ2) is 7.61. The van der Waals surface area contributed by atoms with Gasteiger partial charge in [-0.1, -0.05) is 12.1 Å². The summed E-state index contributed by atoms with van der Waals surface area (Å²) in [7, 11) is 0. The molecule has 1 amide bonds. The average Bonchev–Trinajstić information content (AvgIpc) is 3.34. The highest BCUT2D eigenvalue weighted by molar-refractivity contribution is 6.01. The van der Waals surface area contributed by atoms with Crippen LogP contribution in [0.1, 0.15) is 16.8 Å². The van der Waals surface area contributed by atoms with Gasteiger partial charge in [0.25, 0.3) is 5.91 Å². The van der Waals surface area contributed by atoms with E-state index in [0.717, 1.165) is 17.3 Å². The minimum absolute atomic E-state index is 0.172. The quantitative estimate of drug-likeness (QED) is 0.386. The molecule has 0 aliphatic heterocycles. The van der Waals surface area contributed by atoms with Crippen LogP contribution < -0.4 is 11.1 Å². The number of rotatable bonds is 6. The van der Waals surface area contributed by atoms with E-state index in [0.29, 0.717) is 41.4 Å². The summed E-state index contributed by atoms with van der Waals surface area (Å²) >= 11 is 0. The fourth-order valence-corrected chi connectivity index (χ4v) is 3.00. The molecule has 0 saturated carbocycles. The van der Waals surface area contributed by atoms with E-state index in [4.69, 9.17) is 5.73 Å². The second-order valence-corrected chi connectivity index (χ2v) is 6.36. The van der Waals surface area contributed by atoms with E-state index in [2.05, 4.69) is 25.5 Å². The first-order chi connectivity index (χ1) is 13.7. The lowest BCUT2D eigenvalue weighted by atomic mass is 10.1. The SMILES string of the molecule is NCCCNC(=O)c1ccc2[nH]nc(-c3ncc(-c4ccccc4F)[nH]3)c2c1. The number of aromatic nitrogens is 4. The number of amides is 1. The highest BCUT2D eigenvalue weighted by Crippen LogP contribution is 2.28. The van der Waals surface area contributed by atoms with Gasteiger partial charge in [-0.15, -0.1) is 0 Å². The number of carbonyl (C=O) groups excluding carboxylic acids is 1. The Morgan fingerprint density at radius 1 is 1.21 bits per heavy atom. The van der Waals surface area contributed by atoms with Gasteiger partial charge in [0.1, 0.15) is 11.5 Å². The molecule has 0 saturated heterocycles. The monoisotopic (exact) mass is 378 g/mol. The van der Waals surface area contributed by atoms with Crippen LogP contribution in [-0.2, 0) is 0 Å². The maximum absolute atomic E-state index is 14.0. The van der Waals surface area contributed by atoms with Gasteiger partial charge in [0.05, 0.1) is 17.4 Å². The fraction of sp³-hybridized carbons (Fsp3) is 0.150. The number of imidazole rings is 1. The molecule has 0 aliphatic carbocycles. The normalized spacial score (nSPS) is 11.1. The molecule has 5 N–H and O–H groups in total. The number of fused-ring (bicyclic) bond motifs is 1. The van der Waals surface area contributed by atoms with E-state index in [-0.39, 0.29) is 11.7 Å². The minimum Gasteiger partial charge on any atom is -0.352 e. The molecule has 4 rings (SSSR count). The van der Waals surface area contributed by atoms with Gasteiger partial charge in [-0.05, 0) is 43.3 Å². The molecule has 2 aromatic heterocycles. The summed E-state index contributed by atoms with van der Waals surface area (Å²) in [6, 6.07) is 11.8. The van der Waals surface area contributed by atoms with Crippen LogP contribution in [0.3, 0.4) is 0 Å². The van der Waals surface area contributed by atoms with Gasteiger partial charge < -0.3 is 16.0 Å². The molecule has 0 bridgehead atoms. The Labute approximate surface area is 160 Å². The molecular formula is C20H19FN6O. The smallest absolute Gasteiger partial charge is 0.251 e. The van der Waals surface area contributed by atoms with Crippen LogP contribution in [0.15, 0.2) is 48.7 Å². The standard InChI is InChI=1S/C20H19FN6O/c21-15-5-2-1-4-13(15)17-11-24-19(25-17)18-14-10-12(6-7-16(14)26-27-18)20(28)23-9-3-8-22/h1-2,4-7,10-11H,3,8-9,22H2,(H,23,28)(H,24,25)(H,26,27). The molecule has 0 aliphatic rings. The van der Waals surface area contributed by atoms with Crippen molar-refractivity contribution in [2.24, 2.45) is 5.73 Å². The molecule has 0 radical (unpaired) electrons. The summed E-state index contributed by atoms with van der Waals surface area (Å²) in [6.07, 6.45) is 2.29. The first-order valence-corrected chi connectivity index (χ1v) is 8.94. The fourth-order valence-electron chi connectivity index (χ4n) is 3.00. The molecule has 0 unspecified atom stereocenters. The molecule has 8 heteroatoms. The van der Waals surface area contributed by atoms with Crippen LogP contribution >= 0.6 is 0 Å². The molecule has 0 spiro atoms. The van der Waals surface area contributed by atoms with Crippen LogP contribution in [0.4, 0.5) is 4.39 Å². The molecule has 2 heterocycles. The van der Waals surface area contributed by atoms with E-state index in [1.54, 1.807) is 42.6 Å². The van der Waals surface area contributed by atoms with Crippen LogP contribution in [0.25, 0.3) is 33.7 Å². The Bertz CT molecular complexity index is 1130. The van der Waals surface area contributed by atoms with Crippen molar-refractivity contribution in [3.05, 3.63) is 60.0 Å². The topological polar surface area (TPSA) is 112 Å². The molecule has 0 atom stereocenters. The Hall–Kier alpha value is -3.52. The Morgan fingerprint density at radius 3 is 2.89 bits per heavy atom. The van der Waals surface area contributed by atoms with Crippen molar-refractivity contribution >= 4 is 16.8 Å². The molecule has 142 valence electrons. The number of nitrogens with zero attached hydrogens (tertiary/aromatic N) is 2. The van der Waals surface area contributed by atoms with Crippen molar-refractivity contribution in [1.82, 2.24) is 25.5 Å². The van der Waals surface area contributed by atoms with Gasteiger partial charge in [0.15, 0.2) is 5.82 Å². The van der Waals surface area contributed by atoms with Crippen molar-refractivity contribution < 1.29 is 9.18 Å². The van der Waals surface area contributed by atoms with Crippen molar-refractivity contribution in [3.8, 4) is 22.8 Å². The van der Waals surface area contributed by atoms with Gasteiger partial charge >= 0.3 is 0 Å². The van der Waals surface area contributed by atoms with E-state index in [1.165, 1.54) is 6.07 Å². The lowest BCUT2D eigenvalue weighted by molar-refractivity contribution is 0.0953. The maximum Gasteiger partial charge on any atom is 0.251 e. The molecule has 2 aromatic carbocycles.